The van der Waals surface area contributed by atoms with Gasteiger partial charge in [0.15, 0.2) is 0 Å². The summed E-state index contributed by atoms with van der Waals surface area (Å²) in [7, 11) is 4.36. The minimum Gasteiger partial charge on any atom is -0.317 e. The fourth-order valence-electron chi connectivity index (χ4n) is 2.97. The van der Waals surface area contributed by atoms with Crippen LogP contribution in [0.25, 0.3) is 0 Å². The highest BCUT2D eigenvalue weighted by atomic mass is 32.1. The molecule has 17 heavy (non-hydrogen) atoms. The summed E-state index contributed by atoms with van der Waals surface area (Å²) in [5, 5.41) is 7.92. The lowest BCUT2D eigenvalue weighted by atomic mass is 9.84. The summed E-state index contributed by atoms with van der Waals surface area (Å²) in [6.45, 7) is 2.32. The Labute approximate surface area is 109 Å². The molecule has 0 spiro atoms. The van der Waals surface area contributed by atoms with Crippen molar-refractivity contribution in [3.8, 4) is 0 Å². The zero-order valence-electron chi connectivity index (χ0n) is 11.0. The molecule has 0 aromatic carbocycles. The molecule has 0 bridgehead atoms. The number of thiophene rings is 1. The zero-order chi connectivity index (χ0) is 12.1. The number of hydrogen-bond acceptors (Lipinski definition) is 3. The van der Waals surface area contributed by atoms with Crippen LogP contribution in [0.15, 0.2) is 16.8 Å². The van der Waals surface area contributed by atoms with E-state index in [0.29, 0.717) is 0 Å². The highest BCUT2D eigenvalue weighted by Gasteiger charge is 2.24. The fraction of sp³-hybridized carbons (Fsp3) is 0.714. The first-order chi connectivity index (χ1) is 8.29. The predicted octanol–water partition coefficient (Wildman–Crippen LogP) is 2.96. The van der Waals surface area contributed by atoms with E-state index in [-0.39, 0.29) is 0 Å². The molecule has 0 radical (unpaired) electrons. The molecule has 1 fully saturated rings. The second kappa shape index (κ2) is 6.53. The Hall–Kier alpha value is -0.380. The molecule has 96 valence electrons. The third kappa shape index (κ3) is 3.80. The predicted molar refractivity (Wildman–Crippen MR) is 75.5 cm³/mol. The molecule has 1 saturated carbocycles. The first-order valence-electron chi connectivity index (χ1n) is 6.66. The van der Waals surface area contributed by atoms with E-state index >= 15 is 0 Å². The van der Waals surface area contributed by atoms with E-state index in [1.165, 1.54) is 37.8 Å². The van der Waals surface area contributed by atoms with Crippen LogP contribution in [0.5, 0.6) is 0 Å². The number of rotatable bonds is 5. The maximum Gasteiger partial charge on any atom is 0.0239 e. The van der Waals surface area contributed by atoms with E-state index in [4.69, 9.17) is 0 Å². The quantitative estimate of drug-likeness (QED) is 0.867. The highest BCUT2D eigenvalue weighted by Crippen LogP contribution is 2.25. The van der Waals surface area contributed by atoms with Crippen molar-refractivity contribution in [1.29, 1.82) is 0 Å². The van der Waals surface area contributed by atoms with Crippen LogP contribution < -0.4 is 5.32 Å². The standard InChI is InChI=1S/C14H24N2S/c1-15-14-6-4-3-5-13(14)10-16(2)9-12-7-8-17-11-12/h7-8,11,13-15H,3-6,9-10H2,1-2H3. The Kier molecular flexibility index (Phi) is 5.01. The van der Waals surface area contributed by atoms with E-state index in [1.54, 1.807) is 11.3 Å². The summed E-state index contributed by atoms with van der Waals surface area (Å²) in [5.74, 6) is 0.831. The summed E-state index contributed by atoms with van der Waals surface area (Å²) in [5.41, 5.74) is 1.45. The molecular weight excluding hydrogens is 228 g/mol. The molecule has 1 aliphatic carbocycles. The molecule has 1 aliphatic rings. The average molecular weight is 252 g/mol. The van der Waals surface area contributed by atoms with Gasteiger partial charge in [-0.1, -0.05) is 12.8 Å². The first-order valence-corrected chi connectivity index (χ1v) is 7.60. The lowest BCUT2D eigenvalue weighted by molar-refractivity contribution is 0.190. The van der Waals surface area contributed by atoms with Gasteiger partial charge in [-0.15, -0.1) is 0 Å². The van der Waals surface area contributed by atoms with E-state index in [2.05, 4.69) is 41.1 Å². The second-order valence-corrected chi connectivity index (χ2v) is 6.05. The summed E-state index contributed by atoms with van der Waals surface area (Å²) in [4.78, 5) is 2.47. The third-order valence-corrected chi connectivity index (χ3v) is 4.59. The molecule has 2 unspecified atom stereocenters. The maximum absolute atomic E-state index is 3.49. The monoisotopic (exact) mass is 252 g/mol. The molecule has 0 saturated heterocycles. The van der Waals surface area contributed by atoms with Crippen molar-refractivity contribution in [2.45, 2.75) is 38.3 Å². The van der Waals surface area contributed by atoms with Gasteiger partial charge in [-0.2, -0.15) is 11.3 Å². The van der Waals surface area contributed by atoms with Gasteiger partial charge < -0.3 is 10.2 Å². The van der Waals surface area contributed by atoms with Gasteiger partial charge in [0, 0.05) is 19.1 Å². The van der Waals surface area contributed by atoms with Gasteiger partial charge in [0.25, 0.3) is 0 Å². The lowest BCUT2D eigenvalue weighted by Crippen LogP contribution is -2.41. The van der Waals surface area contributed by atoms with Gasteiger partial charge in [0.05, 0.1) is 0 Å². The van der Waals surface area contributed by atoms with E-state index in [1.807, 2.05) is 0 Å². The Morgan fingerprint density at radius 3 is 2.94 bits per heavy atom. The molecule has 0 aliphatic heterocycles. The van der Waals surface area contributed by atoms with Crippen LogP contribution in [0.3, 0.4) is 0 Å². The minimum absolute atomic E-state index is 0.730. The normalized spacial score (nSPS) is 25.4. The van der Waals surface area contributed by atoms with Crippen LogP contribution in [0, 0.1) is 5.92 Å². The molecule has 1 N–H and O–H groups in total. The summed E-state index contributed by atoms with van der Waals surface area (Å²) >= 11 is 1.79. The Balaban J connectivity index is 1.82. The number of nitrogens with one attached hydrogen (secondary N) is 1. The van der Waals surface area contributed by atoms with Crippen LogP contribution in [-0.2, 0) is 6.54 Å². The molecule has 1 heterocycles. The summed E-state index contributed by atoms with van der Waals surface area (Å²) < 4.78 is 0. The average Bonchev–Trinajstić information content (AvgIpc) is 2.82. The van der Waals surface area contributed by atoms with Gasteiger partial charge in [0.2, 0.25) is 0 Å². The van der Waals surface area contributed by atoms with Gasteiger partial charge >= 0.3 is 0 Å². The number of hydrogen-bond donors (Lipinski definition) is 1. The summed E-state index contributed by atoms with van der Waals surface area (Å²) in [6, 6.07) is 2.96. The largest absolute Gasteiger partial charge is 0.317 e. The van der Waals surface area contributed by atoms with Crippen LogP contribution in [-0.4, -0.2) is 31.6 Å². The molecule has 2 nitrogen and oxygen atoms in total. The molecule has 2 atom stereocenters. The van der Waals surface area contributed by atoms with Crippen molar-refractivity contribution >= 4 is 11.3 Å². The molecule has 3 heteroatoms. The van der Waals surface area contributed by atoms with Crippen LogP contribution in [0.1, 0.15) is 31.2 Å². The topological polar surface area (TPSA) is 15.3 Å². The van der Waals surface area contributed by atoms with Crippen molar-refractivity contribution in [3.63, 3.8) is 0 Å². The molecule has 1 aromatic rings. The van der Waals surface area contributed by atoms with Gasteiger partial charge in [0.1, 0.15) is 0 Å². The SMILES string of the molecule is CNC1CCCCC1CN(C)Cc1ccsc1. The van der Waals surface area contributed by atoms with Crippen molar-refractivity contribution in [1.82, 2.24) is 10.2 Å². The number of nitrogens with zero attached hydrogens (tertiary/aromatic N) is 1. The molecule has 0 amide bonds. The first kappa shape index (κ1) is 13.1. The Bertz CT molecular complexity index is 310. The Morgan fingerprint density at radius 2 is 2.24 bits per heavy atom. The van der Waals surface area contributed by atoms with Gasteiger partial charge in [-0.05, 0) is 55.2 Å². The second-order valence-electron chi connectivity index (χ2n) is 5.27. The summed E-state index contributed by atoms with van der Waals surface area (Å²) in [6.07, 6.45) is 5.55. The van der Waals surface area contributed by atoms with Gasteiger partial charge in [-0.25, -0.2) is 0 Å². The van der Waals surface area contributed by atoms with E-state index < -0.39 is 0 Å². The van der Waals surface area contributed by atoms with Crippen molar-refractivity contribution in [3.05, 3.63) is 22.4 Å². The highest BCUT2D eigenvalue weighted by molar-refractivity contribution is 7.07. The molecule has 1 aromatic heterocycles. The van der Waals surface area contributed by atoms with Crippen LogP contribution in [0.2, 0.25) is 0 Å². The lowest BCUT2D eigenvalue weighted by Gasteiger charge is -2.34. The van der Waals surface area contributed by atoms with Crippen molar-refractivity contribution in [2.75, 3.05) is 20.6 Å². The fourth-order valence-corrected chi connectivity index (χ4v) is 3.63. The third-order valence-electron chi connectivity index (χ3n) is 3.86. The van der Waals surface area contributed by atoms with Crippen molar-refractivity contribution < 1.29 is 0 Å². The Morgan fingerprint density at radius 1 is 1.41 bits per heavy atom. The maximum atomic E-state index is 3.49. The van der Waals surface area contributed by atoms with E-state index in [0.717, 1.165) is 18.5 Å². The smallest absolute Gasteiger partial charge is 0.0239 e. The minimum atomic E-state index is 0.730. The van der Waals surface area contributed by atoms with Crippen molar-refractivity contribution in [2.24, 2.45) is 5.92 Å². The van der Waals surface area contributed by atoms with E-state index in [9.17, 15) is 0 Å². The molecule has 2 rings (SSSR count). The molecular formula is C14H24N2S. The van der Waals surface area contributed by atoms with Crippen LogP contribution >= 0.6 is 11.3 Å². The van der Waals surface area contributed by atoms with Crippen LogP contribution in [0.4, 0.5) is 0 Å². The van der Waals surface area contributed by atoms with Gasteiger partial charge in [-0.3, -0.25) is 0 Å². The zero-order valence-corrected chi connectivity index (χ0v) is 11.8.